The highest BCUT2D eigenvalue weighted by molar-refractivity contribution is 6.03. The van der Waals surface area contributed by atoms with Crippen LogP contribution >= 0.6 is 0 Å². The second-order valence-electron chi connectivity index (χ2n) is 10.3. The number of carbonyl (C=O) groups is 1. The Kier molecular flexibility index (Phi) is 7.25. The molecule has 3 N–H and O–H groups in total. The molecule has 2 aliphatic heterocycles. The van der Waals surface area contributed by atoms with Crippen molar-refractivity contribution in [3.8, 4) is 45.1 Å². The molecule has 3 aromatic carbocycles. The van der Waals surface area contributed by atoms with Crippen molar-refractivity contribution in [3.63, 3.8) is 0 Å². The number of aryl methyl sites for hydroxylation is 1. The number of phenols is 2. The summed E-state index contributed by atoms with van der Waals surface area (Å²) in [6.07, 6.45) is 0. The number of rotatable bonds is 7. The average Bonchev–Trinajstić information content (AvgIpc) is 3.37. The smallest absolute Gasteiger partial charge is 0.274 e. The summed E-state index contributed by atoms with van der Waals surface area (Å²) in [5, 5.41) is 28.7. The minimum absolute atomic E-state index is 0.0680. The van der Waals surface area contributed by atoms with Crippen LogP contribution in [-0.4, -0.2) is 71.7 Å². The first-order chi connectivity index (χ1) is 19.5. The predicted octanol–water partition coefficient (Wildman–Crippen LogP) is 4.36. The van der Waals surface area contributed by atoms with E-state index >= 15 is 0 Å². The number of aromatic hydroxyl groups is 2. The highest BCUT2D eigenvalue weighted by atomic mass is 16.5. The Morgan fingerprint density at radius 2 is 1.60 bits per heavy atom. The number of benzene rings is 3. The quantitative estimate of drug-likeness (QED) is 0.316. The Labute approximate surface area is 231 Å². The first kappa shape index (κ1) is 26.1. The van der Waals surface area contributed by atoms with E-state index in [-0.39, 0.29) is 34.9 Å². The molecule has 0 saturated carbocycles. The molecule has 0 aliphatic carbocycles. The zero-order valence-electron chi connectivity index (χ0n) is 22.2. The van der Waals surface area contributed by atoms with E-state index in [0.717, 1.165) is 55.1 Å². The van der Waals surface area contributed by atoms with Gasteiger partial charge in [0.25, 0.3) is 5.91 Å². The molecule has 206 valence electrons. The second-order valence-corrected chi connectivity index (χ2v) is 10.3. The van der Waals surface area contributed by atoms with E-state index in [1.54, 1.807) is 6.07 Å². The average molecular weight is 542 g/mol. The summed E-state index contributed by atoms with van der Waals surface area (Å²) < 4.78 is 16.4. The maximum Gasteiger partial charge on any atom is 0.274 e. The van der Waals surface area contributed by atoms with Gasteiger partial charge < -0.3 is 29.5 Å². The number of aromatic nitrogens is 1. The summed E-state index contributed by atoms with van der Waals surface area (Å²) >= 11 is 0. The zero-order chi connectivity index (χ0) is 27.6. The molecule has 3 heterocycles. The van der Waals surface area contributed by atoms with Crippen LogP contribution in [0.2, 0.25) is 0 Å². The fourth-order valence-corrected chi connectivity index (χ4v) is 4.99. The van der Waals surface area contributed by atoms with Crippen molar-refractivity contribution in [3.05, 3.63) is 77.5 Å². The summed E-state index contributed by atoms with van der Waals surface area (Å²) in [7, 11) is 0. The Hall–Kier alpha value is -4.18. The zero-order valence-corrected chi connectivity index (χ0v) is 22.2. The van der Waals surface area contributed by atoms with Gasteiger partial charge in [0.15, 0.2) is 11.5 Å². The molecule has 0 radical (unpaired) electrons. The lowest BCUT2D eigenvalue weighted by molar-refractivity contribution is -0.00359. The van der Waals surface area contributed by atoms with Gasteiger partial charge in [-0.1, -0.05) is 59.3 Å². The number of nitrogens with zero attached hydrogens (tertiary/aromatic N) is 2. The van der Waals surface area contributed by atoms with Gasteiger partial charge in [-0.15, -0.1) is 0 Å². The monoisotopic (exact) mass is 541 g/mol. The SMILES string of the molecule is Cc1ccc(-c2cc(-c3onc(C(=O)NC4COC4)c3-c3ccc(CN4CCOCC4)cc3)c(O)cc2O)cc1. The highest BCUT2D eigenvalue weighted by Gasteiger charge is 2.29. The predicted molar refractivity (Wildman–Crippen MR) is 149 cm³/mol. The van der Waals surface area contributed by atoms with Gasteiger partial charge in [-0.3, -0.25) is 9.69 Å². The van der Waals surface area contributed by atoms with Gasteiger partial charge in [-0.2, -0.15) is 0 Å². The van der Waals surface area contributed by atoms with Gasteiger partial charge in [0, 0.05) is 31.3 Å². The van der Waals surface area contributed by atoms with Gasteiger partial charge in [-0.05, 0) is 29.7 Å². The molecule has 9 heteroatoms. The van der Waals surface area contributed by atoms with Crippen LogP contribution in [0.4, 0.5) is 0 Å². The summed E-state index contributed by atoms with van der Waals surface area (Å²) in [5.41, 5.74) is 5.15. The van der Waals surface area contributed by atoms with Crippen molar-refractivity contribution in [2.24, 2.45) is 0 Å². The van der Waals surface area contributed by atoms with Crippen molar-refractivity contribution >= 4 is 5.91 Å². The van der Waals surface area contributed by atoms with Gasteiger partial charge >= 0.3 is 0 Å². The van der Waals surface area contributed by atoms with Crippen LogP contribution in [0.3, 0.4) is 0 Å². The van der Waals surface area contributed by atoms with E-state index in [1.807, 2.05) is 55.5 Å². The third kappa shape index (κ3) is 5.31. The first-order valence-corrected chi connectivity index (χ1v) is 13.4. The Bertz CT molecular complexity index is 1500. The fourth-order valence-electron chi connectivity index (χ4n) is 4.99. The first-order valence-electron chi connectivity index (χ1n) is 13.4. The van der Waals surface area contributed by atoms with E-state index in [4.69, 9.17) is 14.0 Å². The van der Waals surface area contributed by atoms with Gasteiger partial charge in [-0.25, -0.2) is 0 Å². The number of ether oxygens (including phenoxy) is 2. The fraction of sp³-hybridized carbons (Fsp3) is 0.290. The van der Waals surface area contributed by atoms with Gasteiger partial charge in [0.05, 0.1) is 43.6 Å². The van der Waals surface area contributed by atoms with Crippen LogP contribution in [0.5, 0.6) is 11.5 Å². The molecule has 0 bridgehead atoms. The van der Waals surface area contributed by atoms with Crippen LogP contribution in [-0.2, 0) is 16.0 Å². The van der Waals surface area contributed by atoms with Crippen molar-refractivity contribution in [1.82, 2.24) is 15.4 Å². The number of morpholine rings is 1. The third-order valence-electron chi connectivity index (χ3n) is 7.35. The molecule has 4 aromatic rings. The molecule has 0 spiro atoms. The van der Waals surface area contributed by atoms with Crippen LogP contribution in [0.15, 0.2) is 65.2 Å². The lowest BCUT2D eigenvalue weighted by Gasteiger charge is -2.26. The molecular formula is C31H31N3O6. The molecule has 2 saturated heterocycles. The number of phenolic OH excluding ortho intramolecular Hbond substituents is 2. The van der Waals surface area contributed by atoms with E-state index in [2.05, 4.69) is 15.4 Å². The summed E-state index contributed by atoms with van der Waals surface area (Å²) in [4.78, 5) is 15.6. The summed E-state index contributed by atoms with van der Waals surface area (Å²) in [6.45, 7) is 6.91. The van der Waals surface area contributed by atoms with E-state index < -0.39 is 0 Å². The molecule has 1 aromatic heterocycles. The molecule has 9 nitrogen and oxygen atoms in total. The van der Waals surface area contributed by atoms with E-state index in [9.17, 15) is 15.0 Å². The number of hydrogen-bond donors (Lipinski definition) is 3. The third-order valence-corrected chi connectivity index (χ3v) is 7.35. The minimum atomic E-state index is -0.382. The second kappa shape index (κ2) is 11.1. The van der Waals surface area contributed by atoms with Crippen LogP contribution in [0.1, 0.15) is 21.6 Å². The summed E-state index contributed by atoms with van der Waals surface area (Å²) in [6, 6.07) is 18.5. The molecule has 6 rings (SSSR count). The lowest BCUT2D eigenvalue weighted by Crippen LogP contribution is -2.48. The van der Waals surface area contributed by atoms with E-state index in [0.29, 0.717) is 29.9 Å². The Morgan fingerprint density at radius 1 is 0.925 bits per heavy atom. The minimum Gasteiger partial charge on any atom is -0.507 e. The Morgan fingerprint density at radius 3 is 2.27 bits per heavy atom. The van der Waals surface area contributed by atoms with Crippen LogP contribution < -0.4 is 5.32 Å². The maximum absolute atomic E-state index is 13.3. The topological polar surface area (TPSA) is 117 Å². The van der Waals surface area contributed by atoms with Gasteiger partial charge in [0.1, 0.15) is 11.5 Å². The molecular weight excluding hydrogens is 510 g/mol. The number of hydrogen-bond acceptors (Lipinski definition) is 8. The normalized spacial score (nSPS) is 16.0. The lowest BCUT2D eigenvalue weighted by atomic mass is 9.94. The standard InChI is InChI=1S/C31H31N3O6/c1-19-2-6-21(7-3-19)24-14-25(27(36)15-26(24)35)30-28(29(33-40-30)31(37)32-23-17-39-18-23)22-8-4-20(5-9-22)16-34-10-12-38-13-11-34/h2-9,14-15,23,35-36H,10-13,16-18H2,1H3,(H,32,37). The Balaban J connectivity index is 1.40. The van der Waals surface area contributed by atoms with Crippen LogP contribution in [0.25, 0.3) is 33.6 Å². The van der Waals surface area contributed by atoms with Crippen molar-refractivity contribution in [1.29, 1.82) is 0 Å². The highest BCUT2D eigenvalue weighted by Crippen LogP contribution is 2.44. The molecule has 2 fully saturated rings. The number of carbonyl (C=O) groups excluding carboxylic acids is 1. The van der Waals surface area contributed by atoms with Crippen molar-refractivity contribution < 1.29 is 29.0 Å². The van der Waals surface area contributed by atoms with E-state index in [1.165, 1.54) is 6.07 Å². The number of nitrogens with one attached hydrogen (secondary N) is 1. The summed E-state index contributed by atoms with van der Waals surface area (Å²) in [5.74, 6) is -0.398. The van der Waals surface area contributed by atoms with Gasteiger partial charge in [0.2, 0.25) is 0 Å². The molecule has 40 heavy (non-hydrogen) atoms. The number of amides is 1. The molecule has 2 aliphatic rings. The van der Waals surface area contributed by atoms with Crippen molar-refractivity contribution in [2.45, 2.75) is 19.5 Å². The molecule has 0 atom stereocenters. The molecule has 1 amide bonds. The maximum atomic E-state index is 13.3. The van der Waals surface area contributed by atoms with Crippen molar-refractivity contribution in [2.75, 3.05) is 39.5 Å². The largest absolute Gasteiger partial charge is 0.507 e. The van der Waals surface area contributed by atoms with Crippen LogP contribution in [0, 0.1) is 6.92 Å². The molecule has 0 unspecified atom stereocenters.